The second-order valence-corrected chi connectivity index (χ2v) is 1.72. The molecule has 0 heterocycles. The van der Waals surface area contributed by atoms with Gasteiger partial charge < -0.3 is 0 Å². The van der Waals surface area contributed by atoms with Crippen molar-refractivity contribution in [1.29, 1.82) is 0 Å². The first kappa shape index (κ1) is 3.45. The second-order valence-electron chi connectivity index (χ2n) is 1.72. The average molecular weight is 120 g/mol. The fourth-order valence-electron chi connectivity index (χ4n) is 0.168. The highest BCUT2D eigenvalue weighted by molar-refractivity contribution is 5.76. The Kier molecular flexibility index (Phi) is 1.48. The predicted molar refractivity (Wildman–Crippen MR) is 30.0 cm³/mol. The summed E-state index contributed by atoms with van der Waals surface area (Å²) in [7, 11) is -2.56. The molecule has 0 radical (unpaired) electrons. The van der Waals surface area contributed by atoms with Crippen LogP contribution in [0.25, 0.3) is 0 Å². The van der Waals surface area contributed by atoms with E-state index < -0.39 is 12.9 Å². The number of hydrogen-bond acceptors (Lipinski definition) is 2. The summed E-state index contributed by atoms with van der Waals surface area (Å²) in [6.07, 6.45) is 0. The van der Waals surface area contributed by atoms with Gasteiger partial charge in [-0.3, -0.25) is 9.63 Å². The van der Waals surface area contributed by atoms with Gasteiger partial charge in [0.1, 0.15) is 0 Å². The van der Waals surface area contributed by atoms with E-state index in [1.165, 1.54) is 0 Å². The molecule has 0 aliphatic rings. The van der Waals surface area contributed by atoms with Crippen LogP contribution in [0, 0.1) is 5.92 Å². The molecular formula is C5H11NO2. The van der Waals surface area contributed by atoms with Crippen molar-refractivity contribution in [3.63, 3.8) is 0 Å². The molecule has 48 valence electrons. The Balaban J connectivity index is 3.64. The Morgan fingerprint density at radius 1 is 1.88 bits per heavy atom. The number of nitrogens with one attached hydrogen (secondary N) is 1. The Labute approximate surface area is 53.2 Å². The van der Waals surface area contributed by atoms with Gasteiger partial charge in [0.2, 0.25) is 5.91 Å². The van der Waals surface area contributed by atoms with Gasteiger partial charge in [-0.2, -0.15) is 0 Å². The number of hydroxylamine groups is 1. The van der Waals surface area contributed by atoms with E-state index in [4.69, 9.17) is 4.11 Å². The fraction of sp³-hybridized carbons (Fsp3) is 0.800. The van der Waals surface area contributed by atoms with Crippen LogP contribution in [0.5, 0.6) is 0 Å². The summed E-state index contributed by atoms with van der Waals surface area (Å²) in [5.74, 6) is -0.724. The molecule has 0 fully saturated rings. The summed E-state index contributed by atoms with van der Waals surface area (Å²) >= 11 is 0. The maximum atomic E-state index is 10.7. The highest BCUT2D eigenvalue weighted by Crippen LogP contribution is 1.88. The Hall–Kier alpha value is -0.570. The summed E-state index contributed by atoms with van der Waals surface area (Å²) in [6, 6.07) is 0. The summed E-state index contributed by atoms with van der Waals surface area (Å²) in [5.41, 5.74) is 1.82. The first-order chi connectivity index (χ1) is 4.83. The van der Waals surface area contributed by atoms with E-state index in [0.717, 1.165) is 0 Å². The van der Waals surface area contributed by atoms with Crippen molar-refractivity contribution in [3.8, 4) is 0 Å². The highest BCUT2D eigenvalue weighted by atomic mass is 16.6. The van der Waals surface area contributed by atoms with Gasteiger partial charge in [-0.15, -0.1) is 0 Å². The lowest BCUT2D eigenvalue weighted by molar-refractivity contribution is -0.134. The number of amides is 1. The predicted octanol–water partition coefficient (Wildman–Crippen LogP) is 0.320. The van der Waals surface area contributed by atoms with Crippen LogP contribution >= 0.6 is 0 Å². The molecule has 0 bridgehead atoms. The van der Waals surface area contributed by atoms with Crippen LogP contribution < -0.4 is 5.48 Å². The topological polar surface area (TPSA) is 38.3 Å². The fourth-order valence-corrected chi connectivity index (χ4v) is 0.168. The van der Waals surface area contributed by atoms with Gasteiger partial charge in [-0.1, -0.05) is 13.8 Å². The van der Waals surface area contributed by atoms with E-state index >= 15 is 0 Å². The first-order valence-electron chi connectivity index (χ1n) is 3.81. The molecule has 0 atom stereocenters. The molecule has 0 aromatic heterocycles. The van der Waals surface area contributed by atoms with E-state index in [9.17, 15) is 4.79 Å². The Morgan fingerprint density at radius 3 is 2.88 bits per heavy atom. The van der Waals surface area contributed by atoms with Crippen molar-refractivity contribution in [3.05, 3.63) is 0 Å². The molecular weight excluding hydrogens is 106 g/mol. The monoisotopic (exact) mass is 120 g/mol. The van der Waals surface area contributed by atoms with E-state index in [0.29, 0.717) is 0 Å². The van der Waals surface area contributed by atoms with Gasteiger partial charge in [-0.25, -0.2) is 5.48 Å². The minimum absolute atomic E-state index is 0.280. The molecule has 0 spiro atoms. The molecule has 1 N–H and O–H groups in total. The van der Waals surface area contributed by atoms with Crippen molar-refractivity contribution >= 4 is 5.91 Å². The molecule has 0 aromatic rings. The van der Waals surface area contributed by atoms with Crippen LogP contribution in [0.2, 0.25) is 0 Å². The third kappa shape index (κ3) is 2.58. The minimum atomic E-state index is -2.56. The number of hydrogen-bond donors (Lipinski definition) is 1. The third-order valence-corrected chi connectivity index (χ3v) is 0.676. The summed E-state index contributed by atoms with van der Waals surface area (Å²) in [6.45, 7) is 3.27. The van der Waals surface area contributed by atoms with Gasteiger partial charge in [-0.05, 0) is 0 Å². The van der Waals surface area contributed by atoms with E-state index in [1.54, 1.807) is 13.8 Å². The molecule has 0 aliphatic carbocycles. The SMILES string of the molecule is [2H]C([2H])([2H])ONC(=O)C(C)C. The number of carbonyl (C=O) groups is 1. The zero-order chi connectivity index (χ0) is 9.07. The smallest absolute Gasteiger partial charge is 0.246 e. The summed E-state index contributed by atoms with van der Waals surface area (Å²) in [5, 5.41) is 0. The van der Waals surface area contributed by atoms with Gasteiger partial charge >= 0.3 is 0 Å². The number of carbonyl (C=O) groups excluding carboxylic acids is 1. The zero-order valence-corrected chi connectivity index (χ0v) is 4.89. The molecule has 0 unspecified atom stereocenters. The summed E-state index contributed by atoms with van der Waals surface area (Å²) in [4.78, 5) is 14.8. The summed E-state index contributed by atoms with van der Waals surface area (Å²) < 4.78 is 19.7. The first-order valence-corrected chi connectivity index (χ1v) is 2.31. The molecule has 0 saturated carbocycles. The standard InChI is InChI=1S/C5H11NO2/c1-4(2)5(7)6-8-3/h4H,1-3H3,(H,6,7)/i3D3. The lowest BCUT2D eigenvalue weighted by Gasteiger charge is -2.02. The molecule has 0 aromatic carbocycles. The van der Waals surface area contributed by atoms with Crippen LogP contribution in [-0.4, -0.2) is 12.9 Å². The lowest BCUT2D eigenvalue weighted by Crippen LogP contribution is -2.26. The third-order valence-electron chi connectivity index (χ3n) is 0.676. The Bertz CT molecular complexity index is 143. The molecule has 1 amide bonds. The normalized spacial score (nSPS) is 16.6. The van der Waals surface area contributed by atoms with E-state index in [2.05, 4.69) is 4.84 Å². The molecule has 0 aliphatic heterocycles. The van der Waals surface area contributed by atoms with Crippen molar-refractivity contribution in [2.45, 2.75) is 13.8 Å². The quantitative estimate of drug-likeness (QED) is 0.533. The second kappa shape index (κ2) is 3.43. The molecule has 0 rings (SSSR count). The van der Waals surface area contributed by atoms with Gasteiger partial charge in [0.15, 0.2) is 0 Å². The van der Waals surface area contributed by atoms with Crippen LogP contribution in [0.3, 0.4) is 0 Å². The largest absolute Gasteiger partial charge is 0.277 e. The van der Waals surface area contributed by atoms with Gasteiger partial charge in [0.05, 0.1) is 11.2 Å². The average Bonchev–Trinajstić information content (AvgIpc) is 1.80. The molecule has 8 heavy (non-hydrogen) atoms. The number of rotatable bonds is 2. The zero-order valence-electron chi connectivity index (χ0n) is 7.89. The van der Waals surface area contributed by atoms with Gasteiger partial charge in [0.25, 0.3) is 0 Å². The molecule has 3 heteroatoms. The van der Waals surface area contributed by atoms with Crippen molar-refractivity contribution in [1.82, 2.24) is 5.48 Å². The van der Waals surface area contributed by atoms with Crippen LogP contribution in [0.1, 0.15) is 18.0 Å². The van der Waals surface area contributed by atoms with Crippen LogP contribution in [0.15, 0.2) is 0 Å². The lowest BCUT2D eigenvalue weighted by atomic mass is 10.2. The molecule has 0 saturated heterocycles. The van der Waals surface area contributed by atoms with Crippen molar-refractivity contribution in [2.75, 3.05) is 7.04 Å². The van der Waals surface area contributed by atoms with Crippen molar-refractivity contribution in [2.24, 2.45) is 5.92 Å². The van der Waals surface area contributed by atoms with Crippen molar-refractivity contribution < 1.29 is 13.7 Å². The Morgan fingerprint density at radius 2 is 2.50 bits per heavy atom. The maximum absolute atomic E-state index is 10.7. The maximum Gasteiger partial charge on any atom is 0.246 e. The van der Waals surface area contributed by atoms with Crippen LogP contribution in [0.4, 0.5) is 0 Å². The molecule has 3 nitrogen and oxygen atoms in total. The van der Waals surface area contributed by atoms with Crippen LogP contribution in [-0.2, 0) is 9.63 Å². The van der Waals surface area contributed by atoms with E-state index in [-0.39, 0.29) is 5.92 Å². The van der Waals surface area contributed by atoms with Gasteiger partial charge in [0, 0.05) is 5.92 Å². The highest BCUT2D eigenvalue weighted by Gasteiger charge is 2.03. The minimum Gasteiger partial charge on any atom is -0.277 e. The van der Waals surface area contributed by atoms with E-state index in [1.807, 2.05) is 5.48 Å².